The second kappa shape index (κ2) is 6.89. The summed E-state index contributed by atoms with van der Waals surface area (Å²) in [6.07, 6.45) is 1.49. The van der Waals surface area contributed by atoms with Gasteiger partial charge in [0.05, 0.1) is 0 Å². The van der Waals surface area contributed by atoms with Gasteiger partial charge in [-0.2, -0.15) is 0 Å². The highest BCUT2D eigenvalue weighted by atomic mass is 16.5. The first-order valence-corrected chi connectivity index (χ1v) is 6.35. The van der Waals surface area contributed by atoms with E-state index < -0.39 is 6.10 Å². The lowest BCUT2D eigenvalue weighted by atomic mass is 10.2. The summed E-state index contributed by atoms with van der Waals surface area (Å²) in [4.78, 5) is 11.9. The van der Waals surface area contributed by atoms with Crippen LogP contribution >= 0.6 is 0 Å². The smallest absolute Gasteiger partial charge is 0.260 e. The molecule has 0 aromatic heterocycles. The summed E-state index contributed by atoms with van der Waals surface area (Å²) in [6.45, 7) is 5.82. The maximum Gasteiger partial charge on any atom is 0.260 e. The fourth-order valence-electron chi connectivity index (χ4n) is 1.71. The topological polar surface area (TPSA) is 64.3 Å². The number of rotatable bonds is 6. The Morgan fingerprint density at radius 3 is 2.78 bits per heavy atom. The lowest BCUT2D eigenvalue weighted by Crippen LogP contribution is -2.41. The van der Waals surface area contributed by atoms with Crippen molar-refractivity contribution in [3.8, 4) is 5.75 Å². The van der Waals surface area contributed by atoms with Crippen molar-refractivity contribution in [3.63, 3.8) is 0 Å². The highest BCUT2D eigenvalue weighted by Crippen LogP contribution is 2.16. The van der Waals surface area contributed by atoms with Gasteiger partial charge in [0, 0.05) is 17.8 Å². The number of hydrogen-bond donors (Lipinski definition) is 2. The van der Waals surface area contributed by atoms with Crippen molar-refractivity contribution in [2.24, 2.45) is 0 Å². The molecule has 0 aliphatic heterocycles. The normalized spacial score (nSPS) is 13.7. The molecule has 1 aromatic rings. The van der Waals surface area contributed by atoms with Gasteiger partial charge in [-0.3, -0.25) is 4.79 Å². The Morgan fingerprint density at radius 2 is 2.17 bits per heavy atom. The van der Waals surface area contributed by atoms with Crippen molar-refractivity contribution < 1.29 is 9.53 Å². The van der Waals surface area contributed by atoms with Gasteiger partial charge in [0.1, 0.15) is 5.75 Å². The molecule has 4 heteroatoms. The molecule has 1 aromatic carbocycles. The molecule has 0 saturated heterocycles. The van der Waals surface area contributed by atoms with Crippen molar-refractivity contribution in [1.82, 2.24) is 5.32 Å². The minimum Gasteiger partial charge on any atom is -0.481 e. The first-order valence-electron chi connectivity index (χ1n) is 6.35. The van der Waals surface area contributed by atoms with E-state index in [0.29, 0.717) is 11.4 Å². The lowest BCUT2D eigenvalue weighted by molar-refractivity contribution is -0.127. The number of benzene rings is 1. The third kappa shape index (κ3) is 4.65. The van der Waals surface area contributed by atoms with Crippen LogP contribution in [-0.4, -0.2) is 18.1 Å². The van der Waals surface area contributed by atoms with Crippen LogP contribution in [0.5, 0.6) is 5.75 Å². The quantitative estimate of drug-likeness (QED) is 0.762. The Bertz CT molecular complexity index is 393. The van der Waals surface area contributed by atoms with Gasteiger partial charge < -0.3 is 15.8 Å². The number of anilines is 1. The van der Waals surface area contributed by atoms with E-state index in [1.807, 2.05) is 6.92 Å². The average Bonchev–Trinajstić information content (AvgIpc) is 2.29. The van der Waals surface area contributed by atoms with E-state index in [1.165, 1.54) is 0 Å². The summed E-state index contributed by atoms with van der Waals surface area (Å²) in [7, 11) is 0. The van der Waals surface area contributed by atoms with Crippen molar-refractivity contribution >= 4 is 11.6 Å². The van der Waals surface area contributed by atoms with Crippen molar-refractivity contribution in [2.45, 2.75) is 45.8 Å². The standard InChI is InChI=1S/C14H22N2O2/c1-4-6-10(2)16-14(17)11(3)18-13-8-5-7-12(15)9-13/h5,7-11H,4,6,15H2,1-3H3,(H,16,17). The van der Waals surface area contributed by atoms with E-state index in [2.05, 4.69) is 12.2 Å². The fraction of sp³-hybridized carbons (Fsp3) is 0.500. The number of carbonyl (C=O) groups excluding carboxylic acids is 1. The largest absolute Gasteiger partial charge is 0.481 e. The monoisotopic (exact) mass is 250 g/mol. The number of nitrogens with one attached hydrogen (secondary N) is 1. The molecular formula is C14H22N2O2. The minimum absolute atomic E-state index is 0.0987. The molecule has 0 heterocycles. The van der Waals surface area contributed by atoms with Gasteiger partial charge in [0.15, 0.2) is 6.10 Å². The number of ether oxygens (including phenoxy) is 1. The Morgan fingerprint density at radius 1 is 1.44 bits per heavy atom. The van der Waals surface area contributed by atoms with Crippen LogP contribution in [0.2, 0.25) is 0 Å². The molecule has 4 nitrogen and oxygen atoms in total. The maximum absolute atomic E-state index is 11.9. The summed E-state index contributed by atoms with van der Waals surface area (Å²) in [5.41, 5.74) is 6.27. The summed E-state index contributed by atoms with van der Waals surface area (Å²) >= 11 is 0. The van der Waals surface area contributed by atoms with Gasteiger partial charge in [-0.15, -0.1) is 0 Å². The molecule has 1 rings (SSSR count). The molecule has 0 fully saturated rings. The molecule has 0 saturated carbocycles. The van der Waals surface area contributed by atoms with Crippen LogP contribution < -0.4 is 15.8 Å². The van der Waals surface area contributed by atoms with E-state index in [4.69, 9.17) is 10.5 Å². The molecule has 100 valence electrons. The average molecular weight is 250 g/mol. The van der Waals surface area contributed by atoms with Gasteiger partial charge in [-0.05, 0) is 32.4 Å². The lowest BCUT2D eigenvalue weighted by Gasteiger charge is -2.18. The third-order valence-electron chi connectivity index (χ3n) is 2.65. The van der Waals surface area contributed by atoms with Crippen molar-refractivity contribution in [2.75, 3.05) is 5.73 Å². The second-order valence-electron chi connectivity index (χ2n) is 4.53. The Balaban J connectivity index is 2.49. The molecule has 2 atom stereocenters. The molecule has 0 spiro atoms. The predicted molar refractivity (Wildman–Crippen MR) is 73.5 cm³/mol. The molecular weight excluding hydrogens is 228 g/mol. The number of amides is 1. The van der Waals surface area contributed by atoms with Gasteiger partial charge in [0.2, 0.25) is 0 Å². The van der Waals surface area contributed by atoms with Crippen LogP contribution in [0, 0.1) is 0 Å². The first kappa shape index (κ1) is 14.4. The van der Waals surface area contributed by atoms with E-state index in [9.17, 15) is 4.79 Å². The minimum atomic E-state index is -0.522. The fourth-order valence-corrected chi connectivity index (χ4v) is 1.71. The van der Waals surface area contributed by atoms with E-state index >= 15 is 0 Å². The van der Waals surface area contributed by atoms with Crippen LogP contribution in [0.3, 0.4) is 0 Å². The van der Waals surface area contributed by atoms with E-state index in [0.717, 1.165) is 12.8 Å². The number of hydrogen-bond acceptors (Lipinski definition) is 3. The maximum atomic E-state index is 11.9. The zero-order chi connectivity index (χ0) is 13.5. The van der Waals surface area contributed by atoms with Gasteiger partial charge in [-0.1, -0.05) is 19.4 Å². The Hall–Kier alpha value is -1.71. The number of nitrogen functional groups attached to an aromatic ring is 1. The van der Waals surface area contributed by atoms with E-state index in [1.54, 1.807) is 31.2 Å². The zero-order valence-electron chi connectivity index (χ0n) is 11.3. The first-order chi connectivity index (χ1) is 8.52. The molecule has 1 amide bonds. The molecule has 0 aliphatic rings. The van der Waals surface area contributed by atoms with Gasteiger partial charge in [0.25, 0.3) is 5.91 Å². The molecule has 0 radical (unpaired) electrons. The second-order valence-corrected chi connectivity index (χ2v) is 4.53. The predicted octanol–water partition coefficient (Wildman–Crippen LogP) is 2.34. The number of nitrogens with two attached hydrogens (primary N) is 1. The SMILES string of the molecule is CCCC(C)NC(=O)C(C)Oc1cccc(N)c1. The number of carbonyl (C=O) groups is 1. The van der Waals surface area contributed by atoms with Crippen LogP contribution in [-0.2, 0) is 4.79 Å². The Kier molecular flexibility index (Phi) is 5.49. The molecule has 18 heavy (non-hydrogen) atoms. The Labute approximate surface area is 109 Å². The third-order valence-corrected chi connectivity index (χ3v) is 2.65. The van der Waals surface area contributed by atoms with Crippen LogP contribution in [0.15, 0.2) is 24.3 Å². The molecule has 3 N–H and O–H groups in total. The van der Waals surface area contributed by atoms with E-state index in [-0.39, 0.29) is 11.9 Å². The summed E-state index contributed by atoms with van der Waals surface area (Å²) in [5, 5.41) is 2.92. The molecule has 2 unspecified atom stereocenters. The van der Waals surface area contributed by atoms with Crippen molar-refractivity contribution in [1.29, 1.82) is 0 Å². The highest BCUT2D eigenvalue weighted by molar-refractivity contribution is 5.81. The van der Waals surface area contributed by atoms with Crippen LogP contribution in [0.1, 0.15) is 33.6 Å². The summed E-state index contributed by atoms with van der Waals surface area (Å²) in [5.74, 6) is 0.513. The van der Waals surface area contributed by atoms with Crippen LogP contribution in [0.4, 0.5) is 5.69 Å². The molecule has 0 bridgehead atoms. The zero-order valence-corrected chi connectivity index (χ0v) is 11.3. The molecule has 0 aliphatic carbocycles. The van der Waals surface area contributed by atoms with Gasteiger partial charge in [-0.25, -0.2) is 0 Å². The summed E-state index contributed by atoms with van der Waals surface area (Å²) < 4.78 is 5.54. The van der Waals surface area contributed by atoms with Crippen LogP contribution in [0.25, 0.3) is 0 Å². The van der Waals surface area contributed by atoms with Crippen molar-refractivity contribution in [3.05, 3.63) is 24.3 Å². The summed E-state index contributed by atoms with van der Waals surface area (Å²) in [6, 6.07) is 7.25. The van der Waals surface area contributed by atoms with Gasteiger partial charge >= 0.3 is 0 Å². The highest BCUT2D eigenvalue weighted by Gasteiger charge is 2.16.